The quantitative estimate of drug-likeness (QED) is 0.505. The van der Waals surface area contributed by atoms with Crippen LogP contribution in [0.5, 0.6) is 0 Å². The lowest BCUT2D eigenvalue weighted by atomic mass is 9.86. The van der Waals surface area contributed by atoms with Crippen LogP contribution in [0.25, 0.3) is 11.3 Å². The summed E-state index contributed by atoms with van der Waals surface area (Å²) in [5, 5.41) is 24.5. The number of nitrogens with zero attached hydrogens (tertiary/aromatic N) is 6. The maximum absolute atomic E-state index is 14.7. The maximum Gasteiger partial charge on any atom is 0.137 e. The Morgan fingerprint density at radius 2 is 1.93 bits per heavy atom. The number of halogens is 3. The Morgan fingerprint density at radius 1 is 1.17 bits per heavy atom. The van der Waals surface area contributed by atoms with E-state index in [1.165, 1.54) is 28.1 Å². The lowest BCUT2D eigenvalue weighted by Crippen LogP contribution is -2.41. The van der Waals surface area contributed by atoms with E-state index in [0.29, 0.717) is 10.7 Å². The number of aromatic nitrogens is 6. The summed E-state index contributed by atoms with van der Waals surface area (Å²) in [6.07, 6.45) is 4.35. The Morgan fingerprint density at radius 3 is 2.60 bits per heavy atom. The zero-order valence-electron chi connectivity index (χ0n) is 15.8. The average molecular weight is 431 g/mol. The van der Waals surface area contributed by atoms with Crippen molar-refractivity contribution in [3.05, 3.63) is 83.5 Å². The highest BCUT2D eigenvalue weighted by Gasteiger charge is 2.41. The van der Waals surface area contributed by atoms with Crippen LogP contribution in [0.4, 0.5) is 8.78 Å². The highest BCUT2D eigenvalue weighted by Crippen LogP contribution is 2.36. The van der Waals surface area contributed by atoms with E-state index < -0.39 is 23.3 Å². The highest BCUT2D eigenvalue weighted by molar-refractivity contribution is 6.30. The van der Waals surface area contributed by atoms with Crippen LogP contribution in [-0.4, -0.2) is 34.9 Å². The Kier molecular flexibility index (Phi) is 5.31. The molecule has 2 aromatic carbocycles. The summed E-state index contributed by atoms with van der Waals surface area (Å²) in [5.74, 6) is -1.61. The third-order valence-electron chi connectivity index (χ3n) is 5.01. The molecule has 4 aromatic rings. The molecule has 154 valence electrons. The van der Waals surface area contributed by atoms with Crippen LogP contribution >= 0.6 is 11.6 Å². The number of benzene rings is 2. The molecule has 0 aliphatic carbocycles. The number of hydrogen-bond acceptors (Lipinski definition) is 5. The molecule has 10 heteroatoms. The Balaban J connectivity index is 1.74. The first-order valence-corrected chi connectivity index (χ1v) is 9.43. The topological polar surface area (TPSA) is 81.6 Å². The fraction of sp³-hybridized carbons (Fsp3) is 0.200. The summed E-state index contributed by atoms with van der Waals surface area (Å²) in [6, 6.07) is 9.31. The minimum absolute atomic E-state index is 0.0876. The molecule has 1 N–H and O–H groups in total. The molecule has 0 aliphatic rings. The number of rotatable bonds is 6. The Hall–Kier alpha value is -3.17. The van der Waals surface area contributed by atoms with E-state index in [-0.39, 0.29) is 12.1 Å². The second-order valence-corrected chi connectivity index (χ2v) is 7.34. The molecule has 0 saturated carbocycles. The van der Waals surface area contributed by atoms with E-state index in [4.69, 9.17) is 11.6 Å². The van der Waals surface area contributed by atoms with Crippen molar-refractivity contribution >= 4 is 11.6 Å². The van der Waals surface area contributed by atoms with Crippen molar-refractivity contribution < 1.29 is 13.9 Å². The predicted octanol–water partition coefficient (Wildman–Crippen LogP) is 3.62. The number of aliphatic hydroxyl groups is 1. The molecule has 0 saturated heterocycles. The normalized spacial score (nSPS) is 14.4. The minimum atomic E-state index is -1.82. The summed E-state index contributed by atoms with van der Waals surface area (Å²) in [4.78, 5) is 3.86. The lowest BCUT2D eigenvalue weighted by Gasteiger charge is -2.34. The number of hydrogen-bond donors (Lipinski definition) is 1. The summed E-state index contributed by atoms with van der Waals surface area (Å²) >= 11 is 5.93. The lowest BCUT2D eigenvalue weighted by molar-refractivity contribution is -0.0374. The minimum Gasteiger partial charge on any atom is -0.381 e. The van der Waals surface area contributed by atoms with Crippen LogP contribution in [0.2, 0.25) is 5.02 Å². The molecule has 0 radical (unpaired) electrons. The second-order valence-electron chi connectivity index (χ2n) is 6.91. The highest BCUT2D eigenvalue weighted by atomic mass is 35.5. The van der Waals surface area contributed by atoms with Crippen molar-refractivity contribution in [2.75, 3.05) is 0 Å². The molecule has 0 bridgehead atoms. The summed E-state index contributed by atoms with van der Waals surface area (Å²) < 4.78 is 30.9. The molecular formula is C20H17ClF2N6O. The smallest absolute Gasteiger partial charge is 0.137 e. The van der Waals surface area contributed by atoms with Crippen molar-refractivity contribution in [1.29, 1.82) is 0 Å². The largest absolute Gasteiger partial charge is 0.381 e. The molecular weight excluding hydrogens is 414 g/mol. The van der Waals surface area contributed by atoms with Gasteiger partial charge in [-0.05, 0) is 25.1 Å². The van der Waals surface area contributed by atoms with Crippen LogP contribution in [-0.2, 0) is 12.1 Å². The first kappa shape index (κ1) is 20.1. The molecule has 7 nitrogen and oxygen atoms in total. The molecule has 4 rings (SSSR count). The van der Waals surface area contributed by atoms with Crippen molar-refractivity contribution in [1.82, 2.24) is 29.8 Å². The standard InChI is InChI=1S/C20H17ClF2N6O/c1-13(29-9-19(26-27-29)14-2-4-15(21)5-3-14)20(30,10-28-12-24-11-25-28)17-7-6-16(22)8-18(17)23/h2-9,11-13,30H,10H2,1H3/t13-,20-/m1/s1. The predicted molar refractivity (Wildman–Crippen MR) is 105 cm³/mol. The molecule has 30 heavy (non-hydrogen) atoms. The van der Waals surface area contributed by atoms with E-state index in [1.54, 1.807) is 37.4 Å². The fourth-order valence-electron chi connectivity index (χ4n) is 3.28. The Labute approximate surface area is 175 Å². The zero-order chi connectivity index (χ0) is 21.3. The van der Waals surface area contributed by atoms with Crippen LogP contribution in [0, 0.1) is 11.6 Å². The van der Waals surface area contributed by atoms with Crippen LogP contribution in [0.3, 0.4) is 0 Å². The van der Waals surface area contributed by atoms with Crippen molar-refractivity contribution in [3.63, 3.8) is 0 Å². The van der Waals surface area contributed by atoms with Gasteiger partial charge in [0.15, 0.2) is 0 Å². The van der Waals surface area contributed by atoms with Crippen molar-refractivity contribution in [2.45, 2.75) is 25.1 Å². The van der Waals surface area contributed by atoms with Gasteiger partial charge >= 0.3 is 0 Å². The van der Waals surface area contributed by atoms with Gasteiger partial charge in [-0.3, -0.25) is 0 Å². The van der Waals surface area contributed by atoms with Gasteiger partial charge in [0.1, 0.15) is 35.6 Å². The fourth-order valence-corrected chi connectivity index (χ4v) is 3.41. The van der Waals surface area contributed by atoms with E-state index in [9.17, 15) is 13.9 Å². The van der Waals surface area contributed by atoms with Gasteiger partial charge in [-0.1, -0.05) is 35.0 Å². The van der Waals surface area contributed by atoms with Crippen LogP contribution in [0.15, 0.2) is 61.3 Å². The van der Waals surface area contributed by atoms with Gasteiger partial charge in [0.05, 0.1) is 18.8 Å². The molecule has 0 amide bonds. The van der Waals surface area contributed by atoms with Gasteiger partial charge in [-0.15, -0.1) is 5.10 Å². The second kappa shape index (κ2) is 7.92. The van der Waals surface area contributed by atoms with Gasteiger partial charge in [-0.25, -0.2) is 23.1 Å². The zero-order valence-corrected chi connectivity index (χ0v) is 16.6. The summed E-state index contributed by atoms with van der Waals surface area (Å²) in [7, 11) is 0. The third-order valence-corrected chi connectivity index (χ3v) is 5.26. The molecule has 0 unspecified atom stereocenters. The van der Waals surface area contributed by atoms with Gasteiger partial charge < -0.3 is 5.11 Å². The van der Waals surface area contributed by atoms with Gasteiger partial charge in [0.2, 0.25) is 0 Å². The van der Waals surface area contributed by atoms with E-state index >= 15 is 0 Å². The molecule has 0 spiro atoms. The van der Waals surface area contributed by atoms with Gasteiger partial charge in [-0.2, -0.15) is 5.10 Å². The molecule has 0 fully saturated rings. The third kappa shape index (κ3) is 3.81. The maximum atomic E-state index is 14.7. The van der Waals surface area contributed by atoms with Crippen molar-refractivity contribution in [3.8, 4) is 11.3 Å². The van der Waals surface area contributed by atoms with Gasteiger partial charge in [0.25, 0.3) is 0 Å². The summed E-state index contributed by atoms with van der Waals surface area (Å²) in [5.41, 5.74) is -0.571. The van der Waals surface area contributed by atoms with E-state index in [0.717, 1.165) is 17.7 Å². The molecule has 0 aliphatic heterocycles. The van der Waals surface area contributed by atoms with Crippen LogP contribution in [0.1, 0.15) is 18.5 Å². The first-order valence-electron chi connectivity index (χ1n) is 9.05. The van der Waals surface area contributed by atoms with Crippen molar-refractivity contribution in [2.24, 2.45) is 0 Å². The van der Waals surface area contributed by atoms with Crippen LogP contribution < -0.4 is 0 Å². The van der Waals surface area contributed by atoms with E-state index in [1.807, 2.05) is 0 Å². The molecule has 2 heterocycles. The SMILES string of the molecule is C[C@@H](n1cc(-c2ccc(Cl)cc2)nn1)[C@](O)(Cn1cncn1)c1ccc(F)cc1F. The monoisotopic (exact) mass is 430 g/mol. The summed E-state index contributed by atoms with van der Waals surface area (Å²) in [6.45, 7) is 1.53. The molecule has 2 atom stereocenters. The Bertz CT molecular complexity index is 1150. The van der Waals surface area contributed by atoms with Gasteiger partial charge in [0, 0.05) is 22.2 Å². The first-order chi connectivity index (χ1) is 14.4. The van der Waals surface area contributed by atoms with E-state index in [2.05, 4.69) is 20.4 Å². The average Bonchev–Trinajstić information content (AvgIpc) is 3.40. The molecule has 2 aromatic heterocycles.